The predicted octanol–water partition coefficient (Wildman–Crippen LogP) is -0.679. The second-order valence-electron chi connectivity index (χ2n) is 2.25. The van der Waals surface area contributed by atoms with Crippen molar-refractivity contribution < 1.29 is 37.5 Å². The lowest BCUT2D eigenvalue weighted by molar-refractivity contribution is -1.24. The highest BCUT2D eigenvalue weighted by Crippen LogP contribution is 1.90. The van der Waals surface area contributed by atoms with Crippen molar-refractivity contribution in [1.82, 2.24) is 0 Å². The van der Waals surface area contributed by atoms with E-state index < -0.39 is 15.2 Å². The van der Waals surface area contributed by atoms with E-state index in [1.165, 1.54) is 0 Å². The number of hydroxylamine groups is 4. The van der Waals surface area contributed by atoms with Crippen molar-refractivity contribution in [2.75, 3.05) is 27.3 Å². The normalized spacial score (nSPS) is 11.1. The Morgan fingerprint density at radius 1 is 1.07 bits per heavy atom. The van der Waals surface area contributed by atoms with E-state index in [2.05, 4.69) is 8.37 Å². The third-order valence-corrected chi connectivity index (χ3v) is 2.24. The Labute approximate surface area is 89.8 Å². The third-order valence-electron chi connectivity index (χ3n) is 1.42. The van der Waals surface area contributed by atoms with Crippen LogP contribution in [0.25, 0.3) is 0 Å². The zero-order valence-corrected chi connectivity index (χ0v) is 10.1. The molecule has 15 heavy (non-hydrogen) atoms. The molecule has 0 radical (unpaired) electrons. The van der Waals surface area contributed by atoms with Crippen molar-refractivity contribution >= 4 is 10.4 Å². The van der Waals surface area contributed by atoms with E-state index in [1.807, 2.05) is 0 Å². The van der Waals surface area contributed by atoms with Crippen LogP contribution in [-0.2, 0) is 18.8 Å². The number of hydrogen-bond acceptors (Lipinski definition) is 6. The summed E-state index contributed by atoms with van der Waals surface area (Å²) in [4.78, 5) is -0.861. The van der Waals surface area contributed by atoms with Gasteiger partial charge in [-0.25, -0.2) is 0 Å². The van der Waals surface area contributed by atoms with Crippen molar-refractivity contribution in [1.29, 1.82) is 0 Å². The molecule has 0 amide bonds. The molecule has 0 aromatic heterocycles. The molecule has 0 fully saturated rings. The molecule has 0 atom stereocenters. The van der Waals surface area contributed by atoms with Gasteiger partial charge in [0.05, 0.1) is 14.2 Å². The van der Waals surface area contributed by atoms with Gasteiger partial charge in [-0.1, -0.05) is 0 Å². The van der Waals surface area contributed by atoms with Gasteiger partial charge in [-0.15, -0.1) is 0 Å². The van der Waals surface area contributed by atoms with E-state index in [0.717, 1.165) is 14.2 Å². The number of nitrogens with zero attached hydrogens (tertiary/aromatic N) is 1. The Balaban J connectivity index is -0.000000180. The van der Waals surface area contributed by atoms with Gasteiger partial charge in [0.2, 0.25) is 0 Å². The Morgan fingerprint density at radius 2 is 1.33 bits per heavy atom. The van der Waals surface area contributed by atoms with Crippen molar-refractivity contribution in [3.63, 3.8) is 0 Å². The van der Waals surface area contributed by atoms with Crippen LogP contribution in [0, 0.1) is 0 Å². The first-order valence-electron chi connectivity index (χ1n) is 3.93. The molecular formula is C6H20NO7S+. The first-order valence-corrected chi connectivity index (χ1v) is 5.26. The van der Waals surface area contributed by atoms with Crippen molar-refractivity contribution in [3.8, 4) is 0 Å². The van der Waals surface area contributed by atoms with Crippen molar-refractivity contribution in [2.45, 2.75) is 13.8 Å². The summed E-state index contributed by atoms with van der Waals surface area (Å²) in [5, 5.41) is 17.2. The van der Waals surface area contributed by atoms with Gasteiger partial charge < -0.3 is 5.48 Å². The highest BCUT2D eigenvalue weighted by atomic mass is 32.3. The minimum Gasteiger partial charge on any atom is -0.412 e. The topological polar surface area (TPSA) is 125 Å². The molecule has 96 valence electrons. The predicted molar refractivity (Wildman–Crippen MR) is 51.5 cm³/mol. The minimum atomic E-state index is -3.66. The van der Waals surface area contributed by atoms with Crippen LogP contribution in [0.2, 0.25) is 0 Å². The second-order valence-corrected chi connectivity index (χ2v) is 3.74. The van der Waals surface area contributed by atoms with Crippen LogP contribution in [0.5, 0.6) is 0 Å². The van der Waals surface area contributed by atoms with E-state index in [4.69, 9.17) is 10.4 Å². The van der Waals surface area contributed by atoms with Crippen molar-refractivity contribution in [2.24, 2.45) is 0 Å². The van der Waals surface area contributed by atoms with E-state index in [1.54, 1.807) is 13.8 Å². The molecule has 8 nitrogen and oxygen atoms in total. The van der Waals surface area contributed by atoms with E-state index in [9.17, 15) is 8.42 Å². The zero-order valence-electron chi connectivity index (χ0n) is 9.30. The Bertz CT molecular complexity index is 210. The number of rotatable bonds is 4. The molecule has 0 aliphatic rings. The Kier molecular flexibility index (Phi) is 12.1. The van der Waals surface area contributed by atoms with Gasteiger partial charge in [0.15, 0.2) is 0 Å². The molecule has 0 aliphatic carbocycles. The average Bonchev–Trinajstić information content (AvgIpc) is 2.19. The molecule has 0 spiro atoms. The van der Waals surface area contributed by atoms with E-state index >= 15 is 0 Å². The summed E-state index contributed by atoms with van der Waals surface area (Å²) >= 11 is 0. The molecule has 0 saturated carbocycles. The van der Waals surface area contributed by atoms with Crippen LogP contribution in [0.4, 0.5) is 0 Å². The Morgan fingerprint density at radius 3 is 1.33 bits per heavy atom. The van der Waals surface area contributed by atoms with Gasteiger partial charge in [-0.2, -0.15) is 18.8 Å². The summed E-state index contributed by atoms with van der Waals surface area (Å²) in [6.45, 7) is 4.11. The van der Waals surface area contributed by atoms with Gasteiger partial charge >= 0.3 is 10.4 Å². The van der Waals surface area contributed by atoms with Crippen molar-refractivity contribution in [3.05, 3.63) is 0 Å². The fourth-order valence-corrected chi connectivity index (χ4v) is 0.428. The fraction of sp³-hybridized carbons (Fsp3) is 1.00. The standard InChI is InChI=1S/C4H12NO2.C2H6O4S.H2O/c1-3-5(6,7)4-2;1-5-7(3,4)6-2;/h6-7H,3-4H2,1-2H3;1-2H3;1H2/q+1;;. The van der Waals surface area contributed by atoms with Crippen LogP contribution in [0.1, 0.15) is 13.8 Å². The maximum Gasteiger partial charge on any atom is 0.399 e. The number of hydrogen-bond donors (Lipinski definition) is 2. The molecule has 0 heterocycles. The molecule has 0 rings (SSSR count). The summed E-state index contributed by atoms with van der Waals surface area (Å²) in [5.74, 6) is 0. The maximum absolute atomic E-state index is 9.92. The molecule has 0 saturated heterocycles. The first kappa shape index (κ1) is 20.2. The van der Waals surface area contributed by atoms with Crippen LogP contribution in [0.3, 0.4) is 0 Å². The first-order chi connectivity index (χ1) is 6.24. The van der Waals surface area contributed by atoms with Crippen LogP contribution < -0.4 is 0 Å². The molecule has 4 N–H and O–H groups in total. The quantitative estimate of drug-likeness (QED) is 0.503. The summed E-state index contributed by atoms with van der Waals surface area (Å²) in [7, 11) is -1.60. The zero-order chi connectivity index (χ0) is 11.8. The monoisotopic (exact) mass is 250 g/mol. The molecule has 0 aliphatic heterocycles. The van der Waals surface area contributed by atoms with Gasteiger partial charge in [0, 0.05) is 0 Å². The lowest BCUT2D eigenvalue weighted by Crippen LogP contribution is -2.40. The molecule has 0 bridgehead atoms. The summed E-state index contributed by atoms with van der Waals surface area (Å²) in [5.41, 5.74) is 0. The molecule has 9 heteroatoms. The molecule has 0 aromatic rings. The van der Waals surface area contributed by atoms with E-state index in [0.29, 0.717) is 13.1 Å². The largest absolute Gasteiger partial charge is 0.412 e. The van der Waals surface area contributed by atoms with Gasteiger partial charge in [0.25, 0.3) is 0 Å². The van der Waals surface area contributed by atoms with E-state index in [-0.39, 0.29) is 5.48 Å². The third kappa shape index (κ3) is 13.7. The smallest absolute Gasteiger partial charge is 0.399 e. The minimum absolute atomic E-state index is 0. The molecule has 0 aromatic carbocycles. The van der Waals surface area contributed by atoms with Crippen LogP contribution in [0.15, 0.2) is 0 Å². The summed E-state index contributed by atoms with van der Waals surface area (Å²) < 4.78 is 27.5. The SMILES string of the molecule is CC[N+](O)(O)CC.COS(=O)(=O)OC.O. The highest BCUT2D eigenvalue weighted by molar-refractivity contribution is 7.81. The Hall–Kier alpha value is -0.290. The van der Waals surface area contributed by atoms with Crippen LogP contribution >= 0.6 is 0 Å². The summed E-state index contributed by atoms with van der Waals surface area (Å²) in [6, 6.07) is 0. The second kappa shape index (κ2) is 8.97. The highest BCUT2D eigenvalue weighted by Gasteiger charge is 2.13. The average molecular weight is 250 g/mol. The summed E-state index contributed by atoms with van der Waals surface area (Å²) in [6.07, 6.45) is 0. The lowest BCUT2D eigenvalue weighted by Gasteiger charge is -2.15. The maximum atomic E-state index is 9.92. The fourth-order valence-electron chi connectivity index (χ4n) is 0.292. The molecular weight excluding hydrogens is 230 g/mol. The molecule has 0 unspecified atom stereocenters. The van der Waals surface area contributed by atoms with Gasteiger partial charge in [-0.3, -0.25) is 8.37 Å². The van der Waals surface area contributed by atoms with Crippen LogP contribution in [-0.4, -0.2) is 56.4 Å². The van der Waals surface area contributed by atoms with Gasteiger partial charge in [0.1, 0.15) is 13.1 Å². The lowest BCUT2D eigenvalue weighted by atomic mass is 10.6. The van der Waals surface area contributed by atoms with Gasteiger partial charge in [-0.05, 0) is 18.7 Å². The number of quaternary nitrogens is 1.